The highest BCUT2D eigenvalue weighted by atomic mass is 32.2. The van der Waals surface area contributed by atoms with Crippen LogP contribution in [0.4, 0.5) is 10.1 Å². The summed E-state index contributed by atoms with van der Waals surface area (Å²) in [5.74, 6) is -0.207. The van der Waals surface area contributed by atoms with Crippen LogP contribution in [0.3, 0.4) is 0 Å². The molecule has 1 aromatic heterocycles. The van der Waals surface area contributed by atoms with E-state index in [0.717, 1.165) is 20.0 Å². The van der Waals surface area contributed by atoms with Crippen LogP contribution in [0.1, 0.15) is 0 Å². The SMILES string of the molecule is CSc1sc2cc(F)ccc2c1N. The van der Waals surface area contributed by atoms with Gasteiger partial charge in [0.15, 0.2) is 0 Å². The van der Waals surface area contributed by atoms with E-state index in [1.165, 1.54) is 23.5 Å². The second-order valence-corrected chi connectivity index (χ2v) is 4.77. The maximum Gasteiger partial charge on any atom is 0.124 e. The molecular weight excluding hydrogens is 205 g/mol. The topological polar surface area (TPSA) is 26.0 Å². The van der Waals surface area contributed by atoms with Crippen molar-refractivity contribution >= 4 is 38.9 Å². The molecule has 0 radical (unpaired) electrons. The van der Waals surface area contributed by atoms with Gasteiger partial charge in [-0.15, -0.1) is 23.1 Å². The summed E-state index contributed by atoms with van der Waals surface area (Å²) in [7, 11) is 0. The van der Waals surface area contributed by atoms with Crippen molar-refractivity contribution in [2.75, 3.05) is 12.0 Å². The van der Waals surface area contributed by atoms with E-state index in [2.05, 4.69) is 0 Å². The predicted molar refractivity (Wildman–Crippen MR) is 58.0 cm³/mol. The third-order valence-corrected chi connectivity index (χ3v) is 4.15. The van der Waals surface area contributed by atoms with Crippen LogP contribution in [-0.2, 0) is 0 Å². The van der Waals surface area contributed by atoms with Gasteiger partial charge in [0, 0.05) is 10.1 Å². The van der Waals surface area contributed by atoms with Crippen LogP contribution in [0.2, 0.25) is 0 Å². The summed E-state index contributed by atoms with van der Waals surface area (Å²) in [6.07, 6.45) is 1.97. The molecule has 0 spiro atoms. The van der Waals surface area contributed by atoms with E-state index in [-0.39, 0.29) is 5.82 Å². The third kappa shape index (κ3) is 1.40. The summed E-state index contributed by atoms with van der Waals surface area (Å²) in [5, 5.41) is 0.954. The van der Waals surface area contributed by atoms with Gasteiger partial charge in [-0.1, -0.05) is 0 Å². The summed E-state index contributed by atoms with van der Waals surface area (Å²) in [6.45, 7) is 0. The van der Waals surface area contributed by atoms with Crippen molar-refractivity contribution in [3.05, 3.63) is 24.0 Å². The zero-order valence-electron chi connectivity index (χ0n) is 7.00. The highest BCUT2D eigenvalue weighted by molar-refractivity contribution is 8.00. The van der Waals surface area contributed by atoms with Gasteiger partial charge in [0.1, 0.15) is 5.82 Å². The lowest BCUT2D eigenvalue weighted by molar-refractivity contribution is 0.630. The Morgan fingerprint density at radius 3 is 2.92 bits per heavy atom. The Morgan fingerprint density at radius 2 is 2.23 bits per heavy atom. The number of hydrogen-bond donors (Lipinski definition) is 1. The molecular formula is C9H8FNS2. The fourth-order valence-corrected chi connectivity index (χ4v) is 3.03. The van der Waals surface area contributed by atoms with Crippen LogP contribution < -0.4 is 5.73 Å². The monoisotopic (exact) mass is 213 g/mol. The van der Waals surface area contributed by atoms with Crippen molar-refractivity contribution in [1.82, 2.24) is 0 Å². The van der Waals surface area contributed by atoms with Crippen LogP contribution in [0.25, 0.3) is 10.1 Å². The molecule has 0 fully saturated rings. The third-order valence-electron chi connectivity index (χ3n) is 1.84. The molecule has 0 saturated heterocycles. The van der Waals surface area contributed by atoms with Crippen LogP contribution in [0.15, 0.2) is 22.4 Å². The predicted octanol–water partition coefficient (Wildman–Crippen LogP) is 3.34. The molecule has 0 amide bonds. The number of benzene rings is 1. The van der Waals surface area contributed by atoms with E-state index in [0.29, 0.717) is 0 Å². The lowest BCUT2D eigenvalue weighted by atomic mass is 10.2. The van der Waals surface area contributed by atoms with Crippen molar-refractivity contribution in [2.24, 2.45) is 0 Å². The molecule has 0 bridgehead atoms. The van der Waals surface area contributed by atoms with Crippen LogP contribution >= 0.6 is 23.1 Å². The fraction of sp³-hybridized carbons (Fsp3) is 0.111. The summed E-state index contributed by atoms with van der Waals surface area (Å²) in [4.78, 5) is 0. The number of nitrogens with two attached hydrogens (primary N) is 1. The molecule has 0 aliphatic heterocycles. The van der Waals surface area contributed by atoms with Gasteiger partial charge >= 0.3 is 0 Å². The zero-order chi connectivity index (χ0) is 9.42. The number of anilines is 1. The summed E-state index contributed by atoms with van der Waals surface area (Å²) in [6, 6.07) is 4.70. The van der Waals surface area contributed by atoms with Gasteiger partial charge in [0.05, 0.1) is 9.90 Å². The molecule has 2 rings (SSSR count). The molecule has 0 atom stereocenters. The minimum absolute atomic E-state index is 0.207. The molecule has 0 aliphatic rings. The van der Waals surface area contributed by atoms with E-state index >= 15 is 0 Å². The summed E-state index contributed by atoms with van der Waals surface area (Å²) < 4.78 is 14.8. The Hall–Kier alpha value is -0.740. The highest BCUT2D eigenvalue weighted by Gasteiger charge is 2.08. The Labute approximate surface area is 83.7 Å². The standard InChI is InChI=1S/C9H8FNS2/c1-12-9-8(11)6-3-2-5(10)4-7(6)13-9/h2-4H,11H2,1H3. The number of thiophene rings is 1. The second-order valence-electron chi connectivity index (χ2n) is 2.65. The van der Waals surface area contributed by atoms with E-state index in [1.54, 1.807) is 17.8 Å². The Kier molecular flexibility index (Phi) is 2.17. The first-order valence-corrected chi connectivity index (χ1v) is 5.78. The van der Waals surface area contributed by atoms with Gasteiger partial charge in [-0.3, -0.25) is 0 Å². The van der Waals surface area contributed by atoms with Crippen LogP contribution in [0, 0.1) is 5.82 Å². The van der Waals surface area contributed by atoms with Gasteiger partial charge in [0.25, 0.3) is 0 Å². The molecule has 2 N–H and O–H groups in total. The molecule has 0 unspecified atom stereocenters. The number of thioether (sulfide) groups is 1. The maximum absolute atomic E-state index is 12.8. The molecule has 2 aromatic rings. The molecule has 0 aliphatic carbocycles. The molecule has 4 heteroatoms. The van der Waals surface area contributed by atoms with Crippen molar-refractivity contribution < 1.29 is 4.39 Å². The Balaban J connectivity index is 2.76. The second kappa shape index (κ2) is 3.20. The van der Waals surface area contributed by atoms with Crippen LogP contribution in [0.5, 0.6) is 0 Å². The van der Waals surface area contributed by atoms with Gasteiger partial charge < -0.3 is 5.73 Å². The number of hydrogen-bond acceptors (Lipinski definition) is 3. The number of rotatable bonds is 1. The van der Waals surface area contributed by atoms with Gasteiger partial charge in [-0.25, -0.2) is 4.39 Å². The van der Waals surface area contributed by atoms with E-state index in [9.17, 15) is 4.39 Å². The first-order chi connectivity index (χ1) is 6.22. The van der Waals surface area contributed by atoms with Crippen molar-refractivity contribution in [1.29, 1.82) is 0 Å². The Morgan fingerprint density at radius 1 is 1.46 bits per heavy atom. The average molecular weight is 213 g/mol. The smallest absolute Gasteiger partial charge is 0.124 e. The zero-order valence-corrected chi connectivity index (χ0v) is 8.64. The molecule has 1 nitrogen and oxygen atoms in total. The lowest BCUT2D eigenvalue weighted by Gasteiger charge is -1.92. The van der Waals surface area contributed by atoms with E-state index in [4.69, 9.17) is 5.73 Å². The van der Waals surface area contributed by atoms with Gasteiger partial charge in [-0.05, 0) is 24.5 Å². The van der Waals surface area contributed by atoms with E-state index < -0.39 is 0 Å². The number of halogens is 1. The Bertz CT molecular complexity index is 450. The van der Waals surface area contributed by atoms with Gasteiger partial charge in [-0.2, -0.15) is 0 Å². The normalized spacial score (nSPS) is 10.9. The first-order valence-electron chi connectivity index (χ1n) is 3.74. The van der Waals surface area contributed by atoms with Crippen molar-refractivity contribution in [3.63, 3.8) is 0 Å². The summed E-state index contributed by atoms with van der Waals surface area (Å²) >= 11 is 3.13. The number of nitrogen functional groups attached to an aromatic ring is 1. The maximum atomic E-state index is 12.8. The van der Waals surface area contributed by atoms with Crippen LogP contribution in [-0.4, -0.2) is 6.26 Å². The van der Waals surface area contributed by atoms with Gasteiger partial charge in [0.2, 0.25) is 0 Å². The molecule has 1 aromatic carbocycles. The molecule has 1 heterocycles. The molecule has 68 valence electrons. The minimum Gasteiger partial charge on any atom is -0.397 e. The quantitative estimate of drug-likeness (QED) is 0.735. The average Bonchev–Trinajstić information content (AvgIpc) is 2.42. The van der Waals surface area contributed by atoms with Crippen molar-refractivity contribution in [3.8, 4) is 0 Å². The summed E-state index contributed by atoms with van der Waals surface area (Å²) in [5.41, 5.74) is 6.64. The van der Waals surface area contributed by atoms with E-state index in [1.807, 2.05) is 6.26 Å². The first kappa shape index (κ1) is 8.84. The lowest BCUT2D eigenvalue weighted by Crippen LogP contribution is -1.82. The highest BCUT2D eigenvalue weighted by Crippen LogP contribution is 2.39. The minimum atomic E-state index is -0.207. The number of fused-ring (bicyclic) bond motifs is 1. The molecule has 13 heavy (non-hydrogen) atoms. The largest absolute Gasteiger partial charge is 0.397 e. The molecule has 0 saturated carbocycles. The fourth-order valence-electron chi connectivity index (χ4n) is 1.22. The van der Waals surface area contributed by atoms with Crippen molar-refractivity contribution in [2.45, 2.75) is 4.21 Å².